The number of hydrogen-bond acceptors (Lipinski definition) is 6. The molecule has 5 nitrogen and oxygen atoms in total. The monoisotopic (exact) mass is 407 g/mol. The third-order valence-electron chi connectivity index (χ3n) is 3.35. The second kappa shape index (κ2) is 8.03. The Morgan fingerprint density at radius 1 is 1.00 bits per heavy atom. The number of nitrogens with zero attached hydrogens (tertiary/aromatic N) is 1. The number of hydrogen-bond donors (Lipinski definition) is 2. The van der Waals surface area contributed by atoms with Crippen molar-refractivity contribution in [1.29, 1.82) is 0 Å². The van der Waals surface area contributed by atoms with E-state index < -0.39 is 0 Å². The van der Waals surface area contributed by atoms with E-state index in [9.17, 15) is 0 Å². The van der Waals surface area contributed by atoms with E-state index in [0.717, 1.165) is 27.8 Å². The van der Waals surface area contributed by atoms with Crippen molar-refractivity contribution in [3.05, 3.63) is 47.8 Å². The summed E-state index contributed by atoms with van der Waals surface area (Å²) in [4.78, 5) is 4.61. The van der Waals surface area contributed by atoms with Gasteiger partial charge in [0.1, 0.15) is 0 Å². The molecule has 0 aliphatic rings. The molecule has 2 aromatic carbocycles. The molecule has 0 aliphatic heterocycles. The molecule has 0 fully saturated rings. The summed E-state index contributed by atoms with van der Waals surface area (Å²) in [5, 5.41) is 6.09. The number of ether oxygens (including phenoxy) is 2. The molecule has 3 N–H and O–H groups in total. The Kier molecular flexibility index (Phi) is 6.05. The van der Waals surface area contributed by atoms with Gasteiger partial charge in [0.05, 0.1) is 19.9 Å². The Morgan fingerprint density at radius 3 is 2.38 bits per heavy atom. The Morgan fingerprint density at radius 2 is 1.71 bits per heavy atom. The van der Waals surface area contributed by atoms with Gasteiger partial charge in [0, 0.05) is 22.3 Å². The number of nitrogens with two attached hydrogens (primary N) is 1. The maximum atomic E-state index is 5.69. The number of methoxy groups -OCH3 is 2. The second-order valence-corrected chi connectivity index (χ2v) is 5.71. The summed E-state index contributed by atoms with van der Waals surface area (Å²) in [6, 6.07) is 13.3. The summed E-state index contributed by atoms with van der Waals surface area (Å²) in [5.74, 6) is 1.39. The van der Waals surface area contributed by atoms with Gasteiger partial charge < -0.3 is 20.5 Å². The summed E-state index contributed by atoms with van der Waals surface area (Å²) in [7, 11) is 3.24. The predicted octanol–water partition coefficient (Wildman–Crippen LogP) is 4.73. The highest BCUT2D eigenvalue weighted by molar-refractivity contribution is 8.93. The minimum absolute atomic E-state index is 0. The summed E-state index contributed by atoms with van der Waals surface area (Å²) in [5.41, 5.74) is 9.24. The molecule has 0 saturated carbocycles. The number of nitrogen functional groups attached to an aromatic ring is 1. The largest absolute Gasteiger partial charge is 0.493 e. The highest BCUT2D eigenvalue weighted by Gasteiger charge is 2.09. The Balaban J connectivity index is 0.00000208. The lowest BCUT2D eigenvalue weighted by molar-refractivity contribution is 0.355. The van der Waals surface area contributed by atoms with Crippen LogP contribution >= 0.6 is 28.3 Å². The van der Waals surface area contributed by atoms with Gasteiger partial charge in [-0.1, -0.05) is 0 Å². The van der Waals surface area contributed by atoms with Gasteiger partial charge in [0.2, 0.25) is 0 Å². The van der Waals surface area contributed by atoms with Crippen molar-refractivity contribution in [3.8, 4) is 22.8 Å². The van der Waals surface area contributed by atoms with E-state index in [1.807, 2.05) is 47.8 Å². The normalized spacial score (nSPS) is 9.92. The molecular weight excluding hydrogens is 390 g/mol. The maximum absolute atomic E-state index is 5.69. The van der Waals surface area contributed by atoms with Gasteiger partial charge in [-0.3, -0.25) is 0 Å². The topological polar surface area (TPSA) is 69.4 Å². The maximum Gasteiger partial charge on any atom is 0.187 e. The summed E-state index contributed by atoms with van der Waals surface area (Å²) >= 11 is 1.54. The molecule has 0 saturated heterocycles. The van der Waals surface area contributed by atoms with Crippen LogP contribution in [0, 0.1) is 0 Å². The van der Waals surface area contributed by atoms with E-state index in [-0.39, 0.29) is 17.0 Å². The van der Waals surface area contributed by atoms with Gasteiger partial charge in [-0.2, -0.15) is 0 Å². The van der Waals surface area contributed by atoms with Crippen LogP contribution in [0.4, 0.5) is 16.5 Å². The van der Waals surface area contributed by atoms with Crippen molar-refractivity contribution >= 4 is 44.8 Å². The minimum Gasteiger partial charge on any atom is -0.493 e. The first kappa shape index (κ1) is 18.1. The van der Waals surface area contributed by atoms with E-state index in [4.69, 9.17) is 15.2 Å². The first-order valence-corrected chi connectivity index (χ1v) is 7.88. The van der Waals surface area contributed by atoms with Crippen LogP contribution < -0.4 is 20.5 Å². The first-order chi connectivity index (χ1) is 11.2. The zero-order chi connectivity index (χ0) is 16.2. The smallest absolute Gasteiger partial charge is 0.187 e. The number of benzene rings is 2. The molecule has 0 spiro atoms. The van der Waals surface area contributed by atoms with E-state index in [0.29, 0.717) is 11.5 Å². The zero-order valence-corrected chi connectivity index (χ0v) is 15.8. The second-order valence-electron chi connectivity index (χ2n) is 4.85. The molecule has 0 radical (unpaired) electrons. The Labute approximate surface area is 155 Å². The van der Waals surface area contributed by atoms with Gasteiger partial charge in [0.15, 0.2) is 16.6 Å². The molecule has 7 heteroatoms. The lowest BCUT2D eigenvalue weighted by Crippen LogP contribution is -1.92. The molecule has 0 atom stereocenters. The van der Waals surface area contributed by atoms with Gasteiger partial charge in [-0.05, 0) is 42.5 Å². The van der Waals surface area contributed by atoms with Crippen LogP contribution in [0.2, 0.25) is 0 Å². The summed E-state index contributed by atoms with van der Waals surface area (Å²) < 4.78 is 10.6. The predicted molar refractivity (Wildman–Crippen MR) is 105 cm³/mol. The van der Waals surface area contributed by atoms with Crippen LogP contribution in [-0.2, 0) is 0 Å². The molecule has 0 aliphatic carbocycles. The molecule has 0 bridgehead atoms. The fraction of sp³-hybridized carbons (Fsp3) is 0.118. The van der Waals surface area contributed by atoms with Crippen LogP contribution in [0.5, 0.6) is 11.5 Å². The van der Waals surface area contributed by atoms with Gasteiger partial charge in [-0.25, -0.2) is 4.98 Å². The van der Waals surface area contributed by atoms with Crippen molar-refractivity contribution in [2.24, 2.45) is 0 Å². The molecule has 0 amide bonds. The van der Waals surface area contributed by atoms with Gasteiger partial charge in [-0.15, -0.1) is 28.3 Å². The van der Waals surface area contributed by atoms with Gasteiger partial charge in [0.25, 0.3) is 0 Å². The van der Waals surface area contributed by atoms with Crippen molar-refractivity contribution in [3.63, 3.8) is 0 Å². The fourth-order valence-corrected chi connectivity index (χ4v) is 2.89. The molecule has 24 heavy (non-hydrogen) atoms. The van der Waals surface area contributed by atoms with E-state index in [2.05, 4.69) is 10.3 Å². The lowest BCUT2D eigenvalue weighted by atomic mass is 10.1. The number of rotatable bonds is 5. The Hall–Kier alpha value is -2.25. The average Bonchev–Trinajstić information content (AvgIpc) is 3.05. The molecule has 126 valence electrons. The molecule has 3 aromatic rings. The van der Waals surface area contributed by atoms with Crippen molar-refractivity contribution in [2.45, 2.75) is 0 Å². The first-order valence-electron chi connectivity index (χ1n) is 7.00. The van der Waals surface area contributed by atoms with E-state index >= 15 is 0 Å². The number of halogens is 1. The van der Waals surface area contributed by atoms with Crippen LogP contribution in [0.1, 0.15) is 0 Å². The quantitative estimate of drug-likeness (QED) is 0.598. The minimum atomic E-state index is 0. The standard InChI is InChI=1S/C17H17N3O2S.BrH/c1-21-15-8-3-11(9-16(15)22-2)14-10-23-17(20-14)19-13-6-4-12(18)5-7-13;/h3-10H,18H2,1-2H3,(H,19,20);1H. The SMILES string of the molecule is Br.COc1ccc(-c2csc(Nc3ccc(N)cc3)n2)cc1OC. The van der Waals surface area contributed by atoms with Crippen LogP contribution in [0.25, 0.3) is 11.3 Å². The van der Waals surface area contributed by atoms with E-state index in [1.165, 1.54) is 0 Å². The number of nitrogens with one attached hydrogen (secondary N) is 1. The van der Waals surface area contributed by atoms with Crippen LogP contribution in [-0.4, -0.2) is 19.2 Å². The highest BCUT2D eigenvalue weighted by atomic mass is 79.9. The molecule has 3 rings (SSSR count). The molecule has 1 heterocycles. The van der Waals surface area contributed by atoms with Crippen molar-refractivity contribution in [1.82, 2.24) is 4.98 Å². The lowest BCUT2D eigenvalue weighted by Gasteiger charge is -2.08. The average molecular weight is 408 g/mol. The van der Waals surface area contributed by atoms with Crippen molar-refractivity contribution < 1.29 is 9.47 Å². The molecule has 1 aromatic heterocycles. The molecule has 0 unspecified atom stereocenters. The summed E-state index contributed by atoms with van der Waals surface area (Å²) in [6.45, 7) is 0. The molecular formula is C17H18BrN3O2S. The Bertz CT molecular complexity index is 806. The third-order valence-corrected chi connectivity index (χ3v) is 4.10. The number of aromatic nitrogens is 1. The highest BCUT2D eigenvalue weighted by Crippen LogP contribution is 2.34. The van der Waals surface area contributed by atoms with Crippen LogP contribution in [0.3, 0.4) is 0 Å². The third kappa shape index (κ3) is 3.98. The fourth-order valence-electron chi connectivity index (χ4n) is 2.15. The van der Waals surface area contributed by atoms with Crippen molar-refractivity contribution in [2.75, 3.05) is 25.3 Å². The summed E-state index contributed by atoms with van der Waals surface area (Å²) in [6.07, 6.45) is 0. The van der Waals surface area contributed by atoms with E-state index in [1.54, 1.807) is 25.6 Å². The zero-order valence-electron chi connectivity index (χ0n) is 13.3. The number of thiazole rings is 1. The van der Waals surface area contributed by atoms with Gasteiger partial charge >= 0.3 is 0 Å². The van der Waals surface area contributed by atoms with Crippen LogP contribution in [0.15, 0.2) is 47.8 Å². The number of anilines is 3.